The van der Waals surface area contributed by atoms with Crippen LogP contribution in [0.15, 0.2) is 78.9 Å². The standard InChI is InChI=1S/C22H16N2O/c1-25-17-9-6-8-16(13-17)21-14-15-7-2-3-10-18(15)22-23-19-11-4-5-12-20(19)24(21)22/h2-14H,1H3. The lowest BCUT2D eigenvalue weighted by Gasteiger charge is -2.11. The third kappa shape index (κ3) is 2.09. The minimum absolute atomic E-state index is 0.850. The Morgan fingerprint density at radius 1 is 0.840 bits per heavy atom. The molecule has 120 valence electrons. The molecule has 0 atom stereocenters. The third-order valence-electron chi connectivity index (χ3n) is 4.66. The van der Waals surface area contributed by atoms with Crippen LogP contribution in [-0.2, 0) is 0 Å². The minimum Gasteiger partial charge on any atom is -0.497 e. The first-order valence-corrected chi connectivity index (χ1v) is 8.28. The summed E-state index contributed by atoms with van der Waals surface area (Å²) in [5, 5.41) is 2.34. The molecule has 0 saturated heterocycles. The highest BCUT2D eigenvalue weighted by molar-refractivity contribution is 6.01. The average Bonchev–Trinajstić information content (AvgIpc) is 3.07. The second kappa shape index (κ2) is 5.35. The summed E-state index contributed by atoms with van der Waals surface area (Å²) in [6.45, 7) is 0. The topological polar surface area (TPSA) is 26.5 Å². The molecular formula is C22H16N2O. The van der Waals surface area contributed by atoms with Crippen molar-refractivity contribution in [1.29, 1.82) is 0 Å². The molecule has 0 spiro atoms. The SMILES string of the molecule is COc1cccc(-c2cc3ccccc3c3nc4ccccc4n23)c1. The number of aromatic nitrogens is 2. The zero-order valence-corrected chi connectivity index (χ0v) is 13.8. The molecule has 5 aromatic rings. The maximum absolute atomic E-state index is 5.42. The summed E-state index contributed by atoms with van der Waals surface area (Å²) in [6.07, 6.45) is 0. The summed E-state index contributed by atoms with van der Waals surface area (Å²) in [6, 6.07) is 27.1. The van der Waals surface area contributed by atoms with E-state index in [1.807, 2.05) is 18.2 Å². The van der Waals surface area contributed by atoms with Gasteiger partial charge in [0.25, 0.3) is 0 Å². The van der Waals surface area contributed by atoms with Crippen molar-refractivity contribution in [2.45, 2.75) is 0 Å². The Morgan fingerprint density at radius 2 is 1.68 bits per heavy atom. The summed E-state index contributed by atoms with van der Waals surface area (Å²) in [7, 11) is 1.70. The van der Waals surface area contributed by atoms with E-state index < -0.39 is 0 Å². The van der Waals surface area contributed by atoms with E-state index >= 15 is 0 Å². The molecule has 0 N–H and O–H groups in total. The van der Waals surface area contributed by atoms with Crippen molar-refractivity contribution in [3.63, 3.8) is 0 Å². The van der Waals surface area contributed by atoms with Crippen LogP contribution in [0.25, 0.3) is 38.7 Å². The van der Waals surface area contributed by atoms with E-state index in [0.717, 1.165) is 39.1 Å². The van der Waals surface area contributed by atoms with E-state index in [1.54, 1.807) is 7.11 Å². The van der Waals surface area contributed by atoms with Gasteiger partial charge < -0.3 is 4.74 Å². The fourth-order valence-corrected chi connectivity index (χ4v) is 3.48. The second-order valence-electron chi connectivity index (χ2n) is 6.11. The van der Waals surface area contributed by atoms with E-state index in [-0.39, 0.29) is 0 Å². The zero-order chi connectivity index (χ0) is 16.8. The summed E-state index contributed by atoms with van der Waals surface area (Å²) in [5.74, 6) is 0.850. The Labute approximate surface area is 145 Å². The number of ether oxygens (including phenoxy) is 1. The molecule has 0 unspecified atom stereocenters. The third-order valence-corrected chi connectivity index (χ3v) is 4.66. The number of benzene rings is 3. The molecule has 3 nitrogen and oxygen atoms in total. The number of imidazole rings is 1. The number of methoxy groups -OCH3 is 1. The van der Waals surface area contributed by atoms with Crippen LogP contribution in [-0.4, -0.2) is 16.5 Å². The molecule has 0 aliphatic carbocycles. The van der Waals surface area contributed by atoms with Gasteiger partial charge in [0.2, 0.25) is 0 Å². The van der Waals surface area contributed by atoms with Gasteiger partial charge in [0.15, 0.2) is 0 Å². The highest BCUT2D eigenvalue weighted by Gasteiger charge is 2.13. The lowest BCUT2D eigenvalue weighted by atomic mass is 10.1. The fourth-order valence-electron chi connectivity index (χ4n) is 3.48. The van der Waals surface area contributed by atoms with E-state index in [9.17, 15) is 0 Å². The Kier molecular flexibility index (Phi) is 3.01. The van der Waals surface area contributed by atoms with Crippen LogP contribution < -0.4 is 4.74 Å². The Bertz CT molecular complexity index is 1240. The minimum atomic E-state index is 0.850. The molecule has 2 aromatic heterocycles. The smallest absolute Gasteiger partial charge is 0.146 e. The predicted octanol–water partition coefficient (Wildman–Crippen LogP) is 5.32. The lowest BCUT2D eigenvalue weighted by molar-refractivity contribution is 0.415. The van der Waals surface area contributed by atoms with Gasteiger partial charge in [-0.1, -0.05) is 48.5 Å². The summed E-state index contributed by atoms with van der Waals surface area (Å²) in [4.78, 5) is 4.90. The molecule has 0 bridgehead atoms. The summed E-state index contributed by atoms with van der Waals surface area (Å²) in [5.41, 5.74) is 5.32. The second-order valence-corrected chi connectivity index (χ2v) is 6.11. The first kappa shape index (κ1) is 14.1. The zero-order valence-electron chi connectivity index (χ0n) is 13.8. The average molecular weight is 324 g/mol. The number of hydrogen-bond acceptors (Lipinski definition) is 2. The number of fused-ring (bicyclic) bond motifs is 5. The van der Waals surface area contributed by atoms with Crippen LogP contribution in [0.2, 0.25) is 0 Å². The van der Waals surface area contributed by atoms with Crippen LogP contribution in [0.4, 0.5) is 0 Å². The highest BCUT2D eigenvalue weighted by atomic mass is 16.5. The van der Waals surface area contributed by atoms with Crippen molar-refractivity contribution in [2.24, 2.45) is 0 Å². The highest BCUT2D eigenvalue weighted by Crippen LogP contribution is 2.32. The number of hydrogen-bond donors (Lipinski definition) is 0. The number of pyridine rings is 1. The van der Waals surface area contributed by atoms with Crippen molar-refractivity contribution in [3.8, 4) is 17.0 Å². The monoisotopic (exact) mass is 324 g/mol. The molecule has 25 heavy (non-hydrogen) atoms. The van der Waals surface area contributed by atoms with Crippen LogP contribution >= 0.6 is 0 Å². The maximum Gasteiger partial charge on any atom is 0.146 e. The molecule has 3 heteroatoms. The number of para-hydroxylation sites is 2. The first-order chi connectivity index (χ1) is 12.3. The molecule has 2 heterocycles. The maximum atomic E-state index is 5.42. The Hall–Kier alpha value is -3.33. The number of nitrogens with zero attached hydrogens (tertiary/aromatic N) is 2. The van der Waals surface area contributed by atoms with Gasteiger partial charge in [-0.3, -0.25) is 4.40 Å². The Morgan fingerprint density at radius 3 is 2.60 bits per heavy atom. The molecule has 0 radical (unpaired) electrons. The largest absolute Gasteiger partial charge is 0.497 e. The van der Waals surface area contributed by atoms with Crippen molar-refractivity contribution < 1.29 is 4.74 Å². The lowest BCUT2D eigenvalue weighted by Crippen LogP contribution is -1.94. The van der Waals surface area contributed by atoms with Crippen molar-refractivity contribution in [2.75, 3.05) is 7.11 Å². The van der Waals surface area contributed by atoms with E-state index in [1.165, 1.54) is 5.39 Å². The normalized spacial score (nSPS) is 11.4. The van der Waals surface area contributed by atoms with Crippen molar-refractivity contribution >= 4 is 27.5 Å². The molecule has 0 amide bonds. The molecule has 0 fully saturated rings. The van der Waals surface area contributed by atoms with Crippen molar-refractivity contribution in [3.05, 3.63) is 78.9 Å². The van der Waals surface area contributed by atoms with Gasteiger partial charge in [-0.25, -0.2) is 4.98 Å². The van der Waals surface area contributed by atoms with Crippen LogP contribution in [0.1, 0.15) is 0 Å². The molecule has 3 aromatic carbocycles. The Balaban J connectivity index is 1.99. The molecule has 0 saturated carbocycles. The molecule has 0 aliphatic rings. The molecule has 5 rings (SSSR count). The molecule has 0 aliphatic heterocycles. The van der Waals surface area contributed by atoms with Gasteiger partial charge in [-0.15, -0.1) is 0 Å². The summed E-state index contributed by atoms with van der Waals surface area (Å²) >= 11 is 0. The number of rotatable bonds is 2. The van der Waals surface area contributed by atoms with E-state index in [0.29, 0.717) is 0 Å². The van der Waals surface area contributed by atoms with Gasteiger partial charge in [-0.05, 0) is 35.7 Å². The quantitative estimate of drug-likeness (QED) is 0.439. The van der Waals surface area contributed by atoms with Crippen LogP contribution in [0.5, 0.6) is 5.75 Å². The van der Waals surface area contributed by atoms with Crippen LogP contribution in [0.3, 0.4) is 0 Å². The fraction of sp³-hybridized carbons (Fsp3) is 0.0455. The van der Waals surface area contributed by atoms with Gasteiger partial charge in [0.05, 0.1) is 23.8 Å². The van der Waals surface area contributed by atoms with Crippen molar-refractivity contribution in [1.82, 2.24) is 9.38 Å². The van der Waals surface area contributed by atoms with Gasteiger partial charge >= 0.3 is 0 Å². The van der Waals surface area contributed by atoms with Gasteiger partial charge in [-0.2, -0.15) is 0 Å². The first-order valence-electron chi connectivity index (χ1n) is 8.28. The van der Waals surface area contributed by atoms with E-state index in [2.05, 4.69) is 65.1 Å². The predicted molar refractivity (Wildman–Crippen MR) is 102 cm³/mol. The van der Waals surface area contributed by atoms with E-state index in [4.69, 9.17) is 9.72 Å². The van der Waals surface area contributed by atoms with Crippen LogP contribution in [0, 0.1) is 0 Å². The van der Waals surface area contributed by atoms with Gasteiger partial charge in [0, 0.05) is 10.9 Å². The molecular weight excluding hydrogens is 308 g/mol. The summed E-state index contributed by atoms with van der Waals surface area (Å²) < 4.78 is 7.66. The van der Waals surface area contributed by atoms with Gasteiger partial charge in [0.1, 0.15) is 11.4 Å².